The number of nitrogens with zero attached hydrogens (tertiary/aromatic N) is 1. The molecule has 1 aromatic rings. The number of rotatable bonds is 5. The van der Waals surface area contributed by atoms with Crippen LogP contribution in [0.2, 0.25) is 10.0 Å². The second-order valence-corrected chi connectivity index (χ2v) is 6.57. The summed E-state index contributed by atoms with van der Waals surface area (Å²) in [5.41, 5.74) is 0.889. The molecule has 1 atom stereocenters. The molecule has 1 fully saturated rings. The van der Waals surface area contributed by atoms with Crippen LogP contribution in [0.5, 0.6) is 0 Å². The molecule has 2 rings (SSSR count). The number of carboxylic acids is 1. The van der Waals surface area contributed by atoms with Gasteiger partial charge in [-0.1, -0.05) is 29.3 Å². The van der Waals surface area contributed by atoms with Crippen molar-refractivity contribution < 1.29 is 19.4 Å². The third-order valence-corrected chi connectivity index (χ3v) is 4.79. The van der Waals surface area contributed by atoms with Gasteiger partial charge >= 0.3 is 5.97 Å². The standard InChI is InChI=1S/C14H15Cl2NO4S/c15-10-2-1-9(11(16)5-10)7-22-8-13(18)17-3-4-21-6-12(17)14(19)20/h1-2,5,12H,3-4,6-8H2,(H,19,20). The molecule has 0 saturated carbocycles. The largest absolute Gasteiger partial charge is 0.480 e. The third kappa shape index (κ3) is 4.52. The smallest absolute Gasteiger partial charge is 0.328 e. The zero-order valence-corrected chi connectivity index (χ0v) is 14.0. The Bertz CT molecular complexity index is 570. The summed E-state index contributed by atoms with van der Waals surface area (Å²) in [5, 5.41) is 10.2. The maximum atomic E-state index is 12.2. The number of aliphatic carboxylic acids is 1. The highest BCUT2D eigenvalue weighted by Crippen LogP contribution is 2.25. The first-order chi connectivity index (χ1) is 10.5. The second kappa shape index (κ2) is 8.06. The van der Waals surface area contributed by atoms with E-state index in [0.29, 0.717) is 28.9 Å². The van der Waals surface area contributed by atoms with Gasteiger partial charge in [0.25, 0.3) is 0 Å². The van der Waals surface area contributed by atoms with Gasteiger partial charge in [-0.25, -0.2) is 4.79 Å². The summed E-state index contributed by atoms with van der Waals surface area (Å²) < 4.78 is 5.11. The third-order valence-electron chi connectivity index (χ3n) is 3.23. The second-order valence-electron chi connectivity index (χ2n) is 4.74. The van der Waals surface area contributed by atoms with Gasteiger partial charge in [0.05, 0.1) is 19.0 Å². The molecule has 22 heavy (non-hydrogen) atoms. The van der Waals surface area contributed by atoms with E-state index in [0.717, 1.165) is 5.56 Å². The lowest BCUT2D eigenvalue weighted by Crippen LogP contribution is -2.53. The molecule has 1 aliphatic heterocycles. The first-order valence-electron chi connectivity index (χ1n) is 6.60. The average Bonchev–Trinajstić information content (AvgIpc) is 2.49. The molecule has 120 valence electrons. The highest BCUT2D eigenvalue weighted by atomic mass is 35.5. The first kappa shape index (κ1) is 17.4. The van der Waals surface area contributed by atoms with E-state index in [1.54, 1.807) is 12.1 Å². The Morgan fingerprint density at radius 1 is 1.41 bits per heavy atom. The summed E-state index contributed by atoms with van der Waals surface area (Å²) in [4.78, 5) is 24.7. The van der Waals surface area contributed by atoms with Gasteiger partial charge in [0.1, 0.15) is 0 Å². The van der Waals surface area contributed by atoms with Crippen LogP contribution in [0, 0.1) is 0 Å². The van der Waals surface area contributed by atoms with Crippen molar-refractivity contribution in [1.29, 1.82) is 0 Å². The SMILES string of the molecule is O=C(O)C1COCCN1C(=O)CSCc1ccc(Cl)cc1Cl. The minimum Gasteiger partial charge on any atom is -0.480 e. The van der Waals surface area contributed by atoms with Gasteiger partial charge in [0, 0.05) is 22.3 Å². The number of hydrogen-bond donors (Lipinski definition) is 1. The van der Waals surface area contributed by atoms with Crippen molar-refractivity contribution in [3.63, 3.8) is 0 Å². The van der Waals surface area contributed by atoms with E-state index in [9.17, 15) is 9.59 Å². The topological polar surface area (TPSA) is 66.8 Å². The Morgan fingerprint density at radius 2 is 2.18 bits per heavy atom. The number of benzene rings is 1. The molecular weight excluding hydrogens is 349 g/mol. The van der Waals surface area contributed by atoms with Gasteiger partial charge < -0.3 is 14.7 Å². The minimum absolute atomic E-state index is 0.0365. The number of halogens is 2. The average molecular weight is 364 g/mol. The number of thioether (sulfide) groups is 1. The minimum atomic E-state index is -1.04. The van der Waals surface area contributed by atoms with E-state index >= 15 is 0 Å². The van der Waals surface area contributed by atoms with E-state index < -0.39 is 12.0 Å². The monoisotopic (exact) mass is 363 g/mol. The summed E-state index contributed by atoms with van der Waals surface area (Å²) >= 11 is 13.3. The number of carboxylic acid groups (broad SMARTS) is 1. The van der Waals surface area contributed by atoms with Gasteiger partial charge in [0.2, 0.25) is 5.91 Å². The summed E-state index contributed by atoms with van der Waals surface area (Å²) in [6.07, 6.45) is 0. The molecule has 8 heteroatoms. The Hall–Kier alpha value is -0.950. The van der Waals surface area contributed by atoms with Crippen LogP contribution >= 0.6 is 35.0 Å². The number of ether oxygens (including phenoxy) is 1. The van der Waals surface area contributed by atoms with E-state index in [2.05, 4.69) is 0 Å². The van der Waals surface area contributed by atoms with Crippen LogP contribution in [0.3, 0.4) is 0 Å². The lowest BCUT2D eigenvalue weighted by molar-refractivity contribution is -0.157. The van der Waals surface area contributed by atoms with Crippen molar-refractivity contribution in [3.05, 3.63) is 33.8 Å². The quantitative estimate of drug-likeness (QED) is 0.870. The molecule has 1 heterocycles. The molecule has 5 nitrogen and oxygen atoms in total. The maximum Gasteiger partial charge on any atom is 0.328 e. The summed E-state index contributed by atoms with van der Waals surface area (Å²) in [6, 6.07) is 4.31. The molecule has 1 aromatic carbocycles. The first-order valence-corrected chi connectivity index (χ1v) is 8.52. The predicted molar refractivity (Wildman–Crippen MR) is 86.6 cm³/mol. The lowest BCUT2D eigenvalue weighted by Gasteiger charge is -2.32. The maximum absolute atomic E-state index is 12.2. The number of morpholine rings is 1. The van der Waals surface area contributed by atoms with Gasteiger partial charge in [-0.3, -0.25) is 4.79 Å². The van der Waals surface area contributed by atoms with Crippen LogP contribution < -0.4 is 0 Å². The lowest BCUT2D eigenvalue weighted by atomic mass is 10.2. The van der Waals surface area contributed by atoms with Crippen LogP contribution in [-0.2, 0) is 20.1 Å². The van der Waals surface area contributed by atoms with E-state index in [4.69, 9.17) is 33.0 Å². The molecule has 0 spiro atoms. The summed E-state index contributed by atoms with van der Waals surface area (Å²) in [6.45, 7) is 0.704. The van der Waals surface area contributed by atoms with Crippen LogP contribution in [0.1, 0.15) is 5.56 Å². The molecule has 0 bridgehead atoms. The highest BCUT2D eigenvalue weighted by Gasteiger charge is 2.32. The van der Waals surface area contributed by atoms with Crippen LogP contribution in [0.4, 0.5) is 0 Å². The Morgan fingerprint density at radius 3 is 2.86 bits per heavy atom. The van der Waals surface area contributed by atoms with Crippen LogP contribution in [-0.4, -0.2) is 53.4 Å². The zero-order chi connectivity index (χ0) is 16.1. The Labute approximate surface area is 142 Å². The summed E-state index contributed by atoms with van der Waals surface area (Å²) in [5.74, 6) is -0.489. The van der Waals surface area contributed by atoms with Crippen molar-refractivity contribution >= 4 is 46.8 Å². The molecule has 0 aliphatic carbocycles. The Balaban J connectivity index is 1.87. The molecule has 1 aliphatic rings. The van der Waals surface area contributed by atoms with Gasteiger partial charge in [0.15, 0.2) is 6.04 Å². The fourth-order valence-electron chi connectivity index (χ4n) is 2.08. The van der Waals surface area contributed by atoms with Gasteiger partial charge in [-0.2, -0.15) is 0 Å². The number of carbonyl (C=O) groups is 2. The van der Waals surface area contributed by atoms with Crippen molar-refractivity contribution in [2.24, 2.45) is 0 Å². The molecular formula is C14H15Cl2NO4S. The van der Waals surface area contributed by atoms with E-state index in [1.165, 1.54) is 16.7 Å². The highest BCUT2D eigenvalue weighted by molar-refractivity contribution is 7.99. The number of hydrogen-bond acceptors (Lipinski definition) is 4. The van der Waals surface area contributed by atoms with E-state index in [1.807, 2.05) is 6.07 Å². The van der Waals surface area contributed by atoms with Crippen LogP contribution in [0.15, 0.2) is 18.2 Å². The van der Waals surface area contributed by atoms with Crippen molar-refractivity contribution in [2.45, 2.75) is 11.8 Å². The molecule has 1 N–H and O–H groups in total. The number of amides is 1. The normalized spacial score (nSPS) is 18.3. The van der Waals surface area contributed by atoms with Crippen LogP contribution in [0.25, 0.3) is 0 Å². The predicted octanol–water partition coefficient (Wildman–Crippen LogP) is 2.54. The van der Waals surface area contributed by atoms with Crippen molar-refractivity contribution in [1.82, 2.24) is 4.90 Å². The fourth-order valence-corrected chi connectivity index (χ4v) is 3.55. The molecule has 0 aromatic heterocycles. The van der Waals surface area contributed by atoms with Crippen molar-refractivity contribution in [2.75, 3.05) is 25.5 Å². The molecule has 1 unspecified atom stereocenters. The zero-order valence-electron chi connectivity index (χ0n) is 11.6. The van der Waals surface area contributed by atoms with E-state index in [-0.39, 0.29) is 18.3 Å². The molecule has 1 amide bonds. The summed E-state index contributed by atoms with van der Waals surface area (Å²) in [7, 11) is 0. The van der Waals surface area contributed by atoms with Gasteiger partial charge in [-0.15, -0.1) is 11.8 Å². The fraction of sp³-hybridized carbons (Fsp3) is 0.429. The van der Waals surface area contributed by atoms with Crippen molar-refractivity contribution in [3.8, 4) is 0 Å². The number of carbonyl (C=O) groups excluding carboxylic acids is 1. The molecule has 0 radical (unpaired) electrons. The molecule has 1 saturated heterocycles. The van der Waals surface area contributed by atoms with Gasteiger partial charge in [-0.05, 0) is 17.7 Å². The Kier molecular flexibility index (Phi) is 6.37.